The maximum atomic E-state index is 12.9. The van der Waals surface area contributed by atoms with Crippen LogP contribution in [-0.4, -0.2) is 340 Å². The van der Waals surface area contributed by atoms with E-state index in [1.807, 2.05) is 0 Å². The summed E-state index contributed by atoms with van der Waals surface area (Å²) in [6, 6.07) is -2.93. The molecule has 6 aliphatic heterocycles. The Bertz CT molecular complexity index is 2110. The summed E-state index contributed by atoms with van der Waals surface area (Å²) in [4.78, 5) is 24.5. The fourth-order valence-corrected chi connectivity index (χ4v) is 11.8. The summed E-state index contributed by atoms with van der Waals surface area (Å²) < 4.78 is 70.4. The predicted molar refractivity (Wildman–Crippen MR) is 302 cm³/mol. The number of amides is 2. The second-order valence-electron chi connectivity index (χ2n) is 23.9. The predicted octanol–water partition coefficient (Wildman–Crippen LogP) is -8.17. The summed E-state index contributed by atoms with van der Waals surface area (Å²) in [5, 5.41) is 202. The molecule has 34 heteroatoms. The third kappa shape index (κ3) is 20.1. The largest absolute Gasteiger partial charge is 0.394 e. The van der Waals surface area contributed by atoms with Gasteiger partial charge in [0.05, 0.1) is 57.9 Å². The Morgan fingerprint density at radius 3 is 1.44 bits per heavy atom. The van der Waals surface area contributed by atoms with E-state index < -0.39 is 242 Å². The van der Waals surface area contributed by atoms with Crippen molar-refractivity contribution in [1.29, 1.82) is 0 Å². The van der Waals surface area contributed by atoms with Gasteiger partial charge in [-0.15, -0.1) is 0 Å². The van der Waals surface area contributed by atoms with Crippen LogP contribution in [0.25, 0.3) is 0 Å². The molecule has 0 spiro atoms. The molecule has 0 bridgehead atoms. The molecule has 20 N–H and O–H groups in total. The molecule has 34 nitrogen and oxygen atoms in total. The molecule has 0 saturated carbocycles. The van der Waals surface area contributed by atoms with Crippen molar-refractivity contribution in [3.05, 3.63) is 12.2 Å². The maximum Gasteiger partial charge on any atom is 0.217 e. The lowest BCUT2D eigenvalue weighted by molar-refractivity contribution is -0.405. The van der Waals surface area contributed by atoms with Crippen LogP contribution in [0.15, 0.2) is 12.2 Å². The molecule has 32 atom stereocenters. The fourth-order valence-electron chi connectivity index (χ4n) is 11.8. The number of hydrogen-bond donors (Lipinski definition) is 20. The van der Waals surface area contributed by atoms with Gasteiger partial charge in [0.1, 0.15) is 140 Å². The van der Waals surface area contributed by atoms with Crippen LogP contribution in [0.2, 0.25) is 0 Å². The van der Waals surface area contributed by atoms with Crippen molar-refractivity contribution in [1.82, 2.24) is 10.6 Å². The Morgan fingerprint density at radius 1 is 0.451 bits per heavy atom. The molecular weight excluding hydrogens is 1220 g/mol. The number of aliphatic hydroxyl groups excluding tert-OH is 18. The van der Waals surface area contributed by atoms with E-state index in [2.05, 4.69) is 17.6 Å². The molecule has 0 aromatic heterocycles. The van der Waals surface area contributed by atoms with Gasteiger partial charge in [-0.25, -0.2) is 0 Å². The minimum absolute atomic E-state index is 0.336. The Kier molecular flexibility index (Phi) is 32.2. The SMILES string of the molecule is CCCCCCCCCCCCC/C=C/[C@@H](O)[C@H](CO[C@@H]1O[C@H](CO)[C@@H](O[C@@H]2O[C@H](CO)[C@H](O)[C@H](O[C@@H]3O[C@H](CO)[C@@H](O[C@@H]4O[C@H](CO)[C@H](O)[C@H](O[C@H]5O[C@H](CO)[C@H](O)[C@H](O)[C@H]5O)[C@H]4O[C@@H]4O[C@@H](C)[C@@H](O)[C@@H](O)[C@@H]4O)[C@H](O)[C@H]3NC(C)=O)[C@H]2O)[C@H](O)[C@H]1O)NC=O. The number of carbonyl (C=O) groups is 2. The van der Waals surface area contributed by atoms with Crippen LogP contribution < -0.4 is 10.6 Å². The lowest BCUT2D eigenvalue weighted by Crippen LogP contribution is -2.70. The number of hydrogen-bond acceptors (Lipinski definition) is 32. The van der Waals surface area contributed by atoms with Crippen LogP contribution in [0.4, 0.5) is 0 Å². The highest BCUT2D eigenvalue weighted by Crippen LogP contribution is 2.38. The first-order chi connectivity index (χ1) is 43.5. The zero-order chi connectivity index (χ0) is 66.8. The minimum atomic E-state index is -2.20. The summed E-state index contributed by atoms with van der Waals surface area (Å²) in [6.07, 6.45) is -39.8. The third-order valence-corrected chi connectivity index (χ3v) is 17.2. The van der Waals surface area contributed by atoms with Crippen molar-refractivity contribution >= 4 is 12.3 Å². The van der Waals surface area contributed by atoms with E-state index in [1.54, 1.807) is 6.08 Å². The Hall–Kier alpha value is -2.52. The summed E-state index contributed by atoms with van der Waals surface area (Å²) >= 11 is 0. The van der Waals surface area contributed by atoms with Gasteiger partial charge >= 0.3 is 0 Å². The zero-order valence-electron chi connectivity index (χ0n) is 51.2. The molecule has 0 aromatic carbocycles. The van der Waals surface area contributed by atoms with Gasteiger partial charge in [-0.3, -0.25) is 9.59 Å². The van der Waals surface area contributed by atoms with Gasteiger partial charge in [0.2, 0.25) is 12.3 Å². The van der Waals surface area contributed by atoms with Crippen molar-refractivity contribution in [2.75, 3.05) is 39.6 Å². The molecule has 6 fully saturated rings. The molecule has 0 unspecified atom stereocenters. The zero-order valence-corrected chi connectivity index (χ0v) is 51.2. The van der Waals surface area contributed by atoms with E-state index in [1.165, 1.54) is 57.9 Å². The van der Waals surface area contributed by atoms with Crippen molar-refractivity contribution in [3.63, 3.8) is 0 Å². The van der Waals surface area contributed by atoms with Crippen LogP contribution in [-0.2, 0) is 66.4 Å². The second-order valence-corrected chi connectivity index (χ2v) is 23.9. The summed E-state index contributed by atoms with van der Waals surface area (Å²) in [5.41, 5.74) is 0. The lowest BCUT2D eigenvalue weighted by atomic mass is 9.94. The number of allylic oxidation sites excluding steroid dienone is 1. The van der Waals surface area contributed by atoms with E-state index in [-0.39, 0.29) is 0 Å². The smallest absolute Gasteiger partial charge is 0.217 e. The van der Waals surface area contributed by atoms with Gasteiger partial charge in [-0.1, -0.05) is 83.3 Å². The number of ether oxygens (including phenoxy) is 12. The molecule has 6 heterocycles. The molecule has 6 rings (SSSR count). The number of unbranched alkanes of at least 4 members (excludes halogenated alkanes) is 11. The second kappa shape index (κ2) is 37.8. The lowest BCUT2D eigenvalue weighted by Gasteiger charge is -2.51. The van der Waals surface area contributed by atoms with Gasteiger partial charge < -0.3 is 159 Å². The fraction of sp³-hybridized carbons (Fsp3) is 0.930. The van der Waals surface area contributed by atoms with Crippen LogP contribution in [0, 0.1) is 0 Å². The number of aliphatic hydroxyl groups is 18. The van der Waals surface area contributed by atoms with E-state index in [4.69, 9.17) is 56.8 Å². The van der Waals surface area contributed by atoms with E-state index in [0.717, 1.165) is 32.6 Å². The van der Waals surface area contributed by atoms with Crippen LogP contribution in [0.3, 0.4) is 0 Å². The molecule has 2 amide bonds. The molecule has 6 aliphatic rings. The van der Waals surface area contributed by atoms with Crippen molar-refractivity contribution < 1.29 is 158 Å². The van der Waals surface area contributed by atoms with Crippen LogP contribution in [0.1, 0.15) is 97.8 Å². The molecule has 0 aromatic rings. The van der Waals surface area contributed by atoms with Gasteiger partial charge in [-0.05, 0) is 19.8 Å². The average Bonchev–Trinajstić information content (AvgIpc) is 1.01. The number of carbonyl (C=O) groups excluding carboxylic acids is 2. The Labute approximate surface area is 526 Å². The average molecular weight is 1330 g/mol. The first-order valence-corrected chi connectivity index (χ1v) is 31.3. The topological polar surface area (TPSA) is 533 Å². The normalized spacial score (nSPS) is 43.1. The standard InChI is InChI=1S/C57H100N2O32/c1-4-5-6-7-8-9-10-11-12-13-14-15-16-17-28(67)27(58-24-65)23-80-53-45(78)42(75)48(33(22-64)86-53)87-56-46(79)49(37(70)30(19-61)83-56)89-52-34(59-26(3)66)39(72)47(32(21-63)85-52)88-57-51(91-54-43(76)40(73)35(68)25(2)81-54)50(38(71)31(20-62)84-57)90-55-44(77)41(74)36(69)29(18-60)82-55/h16-17,24-25,27-57,60-64,67-79H,4-15,18-23H2,1-3H3,(H,58,65)(H,59,66)/b17-16+/t25-,27-,28+,29+,30+,31+,32+,33+,34+,35+,36-,37-,38-,39+,40+,41-,42+,43-,44+,45+,46+,47+,48+,49-,50-,51+,52-,53+,54-,55+,56-,57-/m0/s1. The quantitative estimate of drug-likeness (QED) is 0.0159. The van der Waals surface area contributed by atoms with Gasteiger partial charge in [0, 0.05) is 6.92 Å². The van der Waals surface area contributed by atoms with Crippen molar-refractivity contribution in [2.24, 2.45) is 0 Å². The van der Waals surface area contributed by atoms with E-state index in [9.17, 15) is 102 Å². The molecule has 6 saturated heterocycles. The molecular formula is C57H100N2O32. The first-order valence-electron chi connectivity index (χ1n) is 31.3. The number of nitrogens with one attached hydrogen (secondary N) is 2. The monoisotopic (exact) mass is 1320 g/mol. The highest BCUT2D eigenvalue weighted by molar-refractivity contribution is 5.73. The third-order valence-electron chi connectivity index (χ3n) is 17.2. The van der Waals surface area contributed by atoms with E-state index >= 15 is 0 Å². The van der Waals surface area contributed by atoms with Gasteiger partial charge in [0.25, 0.3) is 0 Å². The maximum absolute atomic E-state index is 12.9. The summed E-state index contributed by atoms with van der Waals surface area (Å²) in [6.45, 7) is -1.02. The molecule has 530 valence electrons. The van der Waals surface area contributed by atoms with Gasteiger partial charge in [-0.2, -0.15) is 0 Å². The van der Waals surface area contributed by atoms with Gasteiger partial charge in [0.15, 0.2) is 37.7 Å². The van der Waals surface area contributed by atoms with Crippen LogP contribution >= 0.6 is 0 Å². The highest BCUT2D eigenvalue weighted by atomic mass is 16.8. The Balaban J connectivity index is 1.15. The summed E-state index contributed by atoms with van der Waals surface area (Å²) in [5.74, 6) is -0.884. The molecule has 91 heavy (non-hydrogen) atoms. The van der Waals surface area contributed by atoms with E-state index in [0.29, 0.717) is 12.8 Å². The minimum Gasteiger partial charge on any atom is -0.394 e. The first kappa shape index (κ1) is 77.5. The Morgan fingerprint density at radius 2 is 0.879 bits per heavy atom. The summed E-state index contributed by atoms with van der Waals surface area (Å²) in [7, 11) is 0. The highest BCUT2D eigenvalue weighted by Gasteiger charge is 2.59. The number of rotatable bonds is 35. The van der Waals surface area contributed by atoms with Crippen molar-refractivity contribution in [2.45, 2.75) is 294 Å². The molecule has 0 radical (unpaired) electrons. The van der Waals surface area contributed by atoms with Crippen LogP contribution in [0.5, 0.6) is 0 Å². The van der Waals surface area contributed by atoms with Crippen molar-refractivity contribution in [3.8, 4) is 0 Å². The molecule has 0 aliphatic carbocycles.